The number of carbonyl (C=O) groups is 1. The van der Waals surface area contributed by atoms with Gasteiger partial charge in [0.25, 0.3) is 0 Å². The number of rotatable bonds is 7. The summed E-state index contributed by atoms with van der Waals surface area (Å²) in [5.41, 5.74) is 0. The molecule has 2 heterocycles. The summed E-state index contributed by atoms with van der Waals surface area (Å²) < 4.78 is 5.26. The Morgan fingerprint density at radius 2 is 2.45 bits per heavy atom. The first-order chi connectivity index (χ1) is 9.69. The number of hydrogen-bond acceptors (Lipinski definition) is 6. The van der Waals surface area contributed by atoms with Gasteiger partial charge in [-0.15, -0.1) is 0 Å². The third-order valence-electron chi connectivity index (χ3n) is 3.36. The quantitative estimate of drug-likeness (QED) is 0.822. The van der Waals surface area contributed by atoms with Crippen LogP contribution in [0.15, 0.2) is 4.52 Å². The monoisotopic (exact) mass is 299 g/mol. The predicted molar refractivity (Wildman–Crippen MR) is 76.7 cm³/mol. The summed E-state index contributed by atoms with van der Waals surface area (Å²) in [6.07, 6.45) is 3.17. The summed E-state index contributed by atoms with van der Waals surface area (Å²) >= 11 is 1.80. The molecule has 1 aliphatic rings. The molecule has 1 aromatic heterocycles. The Morgan fingerprint density at radius 3 is 3.20 bits per heavy atom. The van der Waals surface area contributed by atoms with E-state index < -0.39 is 5.97 Å². The maximum absolute atomic E-state index is 10.9. The van der Waals surface area contributed by atoms with Crippen molar-refractivity contribution in [3.8, 4) is 0 Å². The number of thioether (sulfide) groups is 1. The van der Waals surface area contributed by atoms with Crippen LogP contribution in [0, 0.1) is 0 Å². The molecule has 7 heteroatoms. The molecule has 1 N–H and O–H groups in total. The normalized spacial score (nSPS) is 20.1. The molecule has 0 amide bonds. The molecule has 0 radical (unpaired) electrons. The molecule has 6 nitrogen and oxygen atoms in total. The lowest BCUT2D eigenvalue weighted by Crippen LogP contribution is -2.43. The minimum atomic E-state index is -0.753. The van der Waals surface area contributed by atoms with Crippen LogP contribution < -0.4 is 0 Å². The second-order valence-electron chi connectivity index (χ2n) is 5.00. The van der Waals surface area contributed by atoms with Gasteiger partial charge < -0.3 is 9.63 Å². The molecule has 1 aromatic rings. The highest BCUT2D eigenvalue weighted by molar-refractivity contribution is 7.99. The number of hydrogen-bond donors (Lipinski definition) is 1. The molecule has 2 rings (SSSR count). The van der Waals surface area contributed by atoms with Crippen molar-refractivity contribution in [2.75, 3.05) is 18.1 Å². The van der Waals surface area contributed by atoms with E-state index in [1.807, 2.05) is 0 Å². The van der Waals surface area contributed by atoms with Crippen molar-refractivity contribution < 1.29 is 14.4 Å². The third-order valence-corrected chi connectivity index (χ3v) is 4.45. The fourth-order valence-corrected chi connectivity index (χ4v) is 3.38. The van der Waals surface area contributed by atoms with Gasteiger partial charge in [-0.3, -0.25) is 9.69 Å². The first kappa shape index (κ1) is 15.3. The number of aliphatic carboxylic acids is 1. The molecular formula is C13H21N3O3S. The Morgan fingerprint density at radius 1 is 1.60 bits per heavy atom. The van der Waals surface area contributed by atoms with Crippen LogP contribution in [-0.2, 0) is 17.8 Å². The van der Waals surface area contributed by atoms with Gasteiger partial charge in [-0.25, -0.2) is 0 Å². The molecule has 1 aliphatic heterocycles. The van der Waals surface area contributed by atoms with Crippen molar-refractivity contribution in [3.05, 3.63) is 11.7 Å². The van der Waals surface area contributed by atoms with E-state index in [9.17, 15) is 4.79 Å². The van der Waals surface area contributed by atoms with Crippen LogP contribution in [0.1, 0.15) is 37.9 Å². The summed E-state index contributed by atoms with van der Waals surface area (Å²) in [7, 11) is 0. The molecule has 1 fully saturated rings. The van der Waals surface area contributed by atoms with E-state index in [4.69, 9.17) is 9.63 Å². The first-order valence-electron chi connectivity index (χ1n) is 7.04. The Kier molecular flexibility index (Phi) is 5.85. The molecule has 0 saturated carbocycles. The summed E-state index contributed by atoms with van der Waals surface area (Å²) in [6.45, 7) is 3.55. The number of aryl methyl sites for hydroxylation is 1. The average molecular weight is 299 g/mol. The van der Waals surface area contributed by atoms with Crippen molar-refractivity contribution in [2.45, 2.75) is 45.2 Å². The summed E-state index contributed by atoms with van der Waals surface area (Å²) in [6, 6.07) is 0.0530. The van der Waals surface area contributed by atoms with Gasteiger partial charge in [0.1, 0.15) is 0 Å². The van der Waals surface area contributed by atoms with E-state index in [0.717, 1.165) is 43.1 Å². The largest absolute Gasteiger partial charge is 0.481 e. The van der Waals surface area contributed by atoms with Gasteiger partial charge in [-0.2, -0.15) is 16.7 Å². The standard InChI is InChI=1S/C13H21N3O3S/c1-2-3-4-11-14-12(19-15-11)8-16-5-6-20-9-10(16)7-13(17)18/h10H,2-9H2,1H3,(H,17,18). The van der Waals surface area contributed by atoms with Gasteiger partial charge >= 0.3 is 5.97 Å². The Hall–Kier alpha value is -1.08. The van der Waals surface area contributed by atoms with Crippen LogP contribution in [0.25, 0.3) is 0 Å². The molecule has 20 heavy (non-hydrogen) atoms. The van der Waals surface area contributed by atoms with Crippen LogP contribution in [0.3, 0.4) is 0 Å². The second-order valence-corrected chi connectivity index (χ2v) is 6.15. The maximum Gasteiger partial charge on any atom is 0.304 e. The lowest BCUT2D eigenvalue weighted by atomic mass is 10.2. The summed E-state index contributed by atoms with van der Waals surface area (Å²) in [4.78, 5) is 17.4. The highest BCUT2D eigenvalue weighted by Gasteiger charge is 2.26. The van der Waals surface area contributed by atoms with Gasteiger partial charge in [0.15, 0.2) is 5.82 Å². The van der Waals surface area contributed by atoms with Gasteiger partial charge in [-0.05, 0) is 6.42 Å². The number of carboxylic acids is 1. The summed E-state index contributed by atoms with van der Waals surface area (Å²) in [5.74, 6) is 2.47. The third kappa shape index (κ3) is 4.49. The van der Waals surface area contributed by atoms with Crippen molar-refractivity contribution in [3.63, 3.8) is 0 Å². The lowest BCUT2D eigenvalue weighted by molar-refractivity contribution is -0.138. The van der Waals surface area contributed by atoms with Gasteiger partial charge in [0.2, 0.25) is 5.89 Å². The zero-order chi connectivity index (χ0) is 14.4. The fraction of sp³-hybridized carbons (Fsp3) is 0.769. The number of aromatic nitrogens is 2. The number of unbranched alkanes of at least 4 members (excludes halogenated alkanes) is 1. The fourth-order valence-electron chi connectivity index (χ4n) is 2.25. The molecule has 0 bridgehead atoms. The Balaban J connectivity index is 1.92. The van der Waals surface area contributed by atoms with Crippen LogP contribution in [-0.4, -0.2) is 50.2 Å². The van der Waals surface area contributed by atoms with E-state index in [-0.39, 0.29) is 12.5 Å². The van der Waals surface area contributed by atoms with E-state index in [0.29, 0.717) is 12.4 Å². The van der Waals surface area contributed by atoms with E-state index in [2.05, 4.69) is 22.0 Å². The molecule has 0 aromatic carbocycles. The topological polar surface area (TPSA) is 79.5 Å². The smallest absolute Gasteiger partial charge is 0.304 e. The Bertz CT molecular complexity index is 438. The molecule has 0 spiro atoms. The molecular weight excluding hydrogens is 278 g/mol. The summed E-state index contributed by atoms with van der Waals surface area (Å²) in [5, 5.41) is 12.9. The molecule has 112 valence electrons. The second kappa shape index (κ2) is 7.64. The Labute approximate surface area is 122 Å². The lowest BCUT2D eigenvalue weighted by Gasteiger charge is -2.33. The van der Waals surface area contributed by atoms with Crippen LogP contribution in [0.5, 0.6) is 0 Å². The molecule has 1 unspecified atom stereocenters. The zero-order valence-electron chi connectivity index (χ0n) is 11.7. The van der Waals surface area contributed by atoms with Crippen molar-refractivity contribution in [1.29, 1.82) is 0 Å². The van der Waals surface area contributed by atoms with E-state index in [1.165, 1.54) is 0 Å². The van der Waals surface area contributed by atoms with Crippen molar-refractivity contribution in [2.24, 2.45) is 0 Å². The highest BCUT2D eigenvalue weighted by atomic mass is 32.2. The van der Waals surface area contributed by atoms with E-state index in [1.54, 1.807) is 11.8 Å². The van der Waals surface area contributed by atoms with E-state index >= 15 is 0 Å². The molecule has 1 atom stereocenters. The SMILES string of the molecule is CCCCc1noc(CN2CCSCC2CC(=O)O)n1. The van der Waals surface area contributed by atoms with Gasteiger partial charge in [0.05, 0.1) is 13.0 Å². The van der Waals surface area contributed by atoms with Gasteiger partial charge in [-0.1, -0.05) is 18.5 Å². The molecule has 0 aliphatic carbocycles. The maximum atomic E-state index is 10.9. The minimum Gasteiger partial charge on any atom is -0.481 e. The first-order valence-corrected chi connectivity index (χ1v) is 8.19. The molecule has 1 saturated heterocycles. The minimum absolute atomic E-state index is 0.0530. The van der Waals surface area contributed by atoms with Crippen LogP contribution in [0.2, 0.25) is 0 Å². The number of carboxylic acid groups (broad SMARTS) is 1. The van der Waals surface area contributed by atoms with Crippen molar-refractivity contribution >= 4 is 17.7 Å². The van der Waals surface area contributed by atoms with Crippen LogP contribution in [0.4, 0.5) is 0 Å². The number of nitrogens with zero attached hydrogens (tertiary/aromatic N) is 3. The highest BCUT2D eigenvalue weighted by Crippen LogP contribution is 2.21. The van der Waals surface area contributed by atoms with Crippen molar-refractivity contribution in [1.82, 2.24) is 15.0 Å². The van der Waals surface area contributed by atoms with Crippen LogP contribution >= 0.6 is 11.8 Å². The van der Waals surface area contributed by atoms with Gasteiger partial charge in [0, 0.05) is 30.5 Å². The average Bonchev–Trinajstić information content (AvgIpc) is 2.86. The predicted octanol–water partition coefficient (Wildman–Crippen LogP) is 1.80. The zero-order valence-corrected chi connectivity index (χ0v) is 12.6.